The van der Waals surface area contributed by atoms with Gasteiger partial charge in [0.1, 0.15) is 5.82 Å². The zero-order chi connectivity index (χ0) is 14.2. The predicted molar refractivity (Wildman–Crippen MR) is 76.7 cm³/mol. The van der Waals surface area contributed by atoms with Crippen LogP contribution in [0, 0.1) is 5.82 Å². The molecule has 0 spiro atoms. The maximum absolute atomic E-state index is 14.1. The molecule has 1 saturated heterocycles. The maximum Gasteiger partial charge on any atom is 0.266 e. The SMILES string of the molecule is Fc1cccc(-c2nc(N3CCNCC3)no2)c1C1CC1. The average molecular weight is 288 g/mol. The molecular formula is C15H17FN4O. The maximum atomic E-state index is 14.1. The molecule has 110 valence electrons. The molecule has 2 aromatic rings. The normalized spacial score (nSPS) is 19.0. The van der Waals surface area contributed by atoms with Crippen LogP contribution in [0.4, 0.5) is 10.3 Å². The molecule has 2 fully saturated rings. The predicted octanol–water partition coefficient (Wildman–Crippen LogP) is 2.16. The first-order valence-corrected chi connectivity index (χ1v) is 7.41. The highest BCUT2D eigenvalue weighted by Gasteiger charge is 2.31. The first-order valence-electron chi connectivity index (χ1n) is 7.41. The van der Waals surface area contributed by atoms with Crippen LogP contribution in [0.5, 0.6) is 0 Å². The van der Waals surface area contributed by atoms with Crippen LogP contribution in [0.1, 0.15) is 24.3 Å². The molecule has 21 heavy (non-hydrogen) atoms. The molecule has 2 aliphatic rings. The van der Waals surface area contributed by atoms with Gasteiger partial charge in [0.2, 0.25) is 0 Å². The van der Waals surface area contributed by atoms with Gasteiger partial charge in [-0.25, -0.2) is 4.39 Å². The van der Waals surface area contributed by atoms with Crippen molar-refractivity contribution in [1.29, 1.82) is 0 Å². The molecule has 6 heteroatoms. The summed E-state index contributed by atoms with van der Waals surface area (Å²) in [4.78, 5) is 6.55. The molecule has 0 radical (unpaired) electrons. The highest BCUT2D eigenvalue weighted by Crippen LogP contribution is 2.45. The molecule has 2 heterocycles. The van der Waals surface area contributed by atoms with Crippen LogP contribution >= 0.6 is 0 Å². The number of hydrogen-bond acceptors (Lipinski definition) is 5. The second-order valence-electron chi connectivity index (χ2n) is 5.61. The van der Waals surface area contributed by atoms with E-state index in [4.69, 9.17) is 4.52 Å². The third-order valence-corrected chi connectivity index (χ3v) is 4.08. The third-order valence-electron chi connectivity index (χ3n) is 4.08. The van der Waals surface area contributed by atoms with Crippen molar-refractivity contribution in [1.82, 2.24) is 15.5 Å². The summed E-state index contributed by atoms with van der Waals surface area (Å²) in [6, 6.07) is 5.07. The Kier molecular flexibility index (Phi) is 3.11. The molecule has 1 aromatic heterocycles. The zero-order valence-corrected chi connectivity index (χ0v) is 11.7. The van der Waals surface area contributed by atoms with Gasteiger partial charge >= 0.3 is 0 Å². The summed E-state index contributed by atoms with van der Waals surface area (Å²) in [6.07, 6.45) is 2.07. The minimum Gasteiger partial charge on any atom is -0.336 e. The van der Waals surface area contributed by atoms with E-state index in [-0.39, 0.29) is 5.82 Å². The Hall–Kier alpha value is -1.95. The largest absolute Gasteiger partial charge is 0.336 e. The number of hydrogen-bond donors (Lipinski definition) is 1. The topological polar surface area (TPSA) is 54.2 Å². The Balaban J connectivity index is 1.68. The molecule has 1 N–H and O–H groups in total. The second kappa shape index (κ2) is 5.11. The summed E-state index contributed by atoms with van der Waals surface area (Å²) in [5.74, 6) is 1.15. The molecule has 1 aromatic carbocycles. The van der Waals surface area contributed by atoms with Crippen LogP contribution < -0.4 is 10.2 Å². The first kappa shape index (κ1) is 12.8. The molecule has 0 bridgehead atoms. The van der Waals surface area contributed by atoms with Gasteiger partial charge in [-0.15, -0.1) is 0 Å². The number of piperazine rings is 1. The van der Waals surface area contributed by atoms with Gasteiger partial charge < -0.3 is 14.7 Å². The van der Waals surface area contributed by atoms with Gasteiger partial charge in [-0.05, 0) is 36.0 Å². The van der Waals surface area contributed by atoms with E-state index in [1.54, 1.807) is 6.07 Å². The van der Waals surface area contributed by atoms with Crippen molar-refractivity contribution in [2.45, 2.75) is 18.8 Å². The fraction of sp³-hybridized carbons (Fsp3) is 0.467. The fourth-order valence-electron chi connectivity index (χ4n) is 2.83. The summed E-state index contributed by atoms with van der Waals surface area (Å²) in [5, 5.41) is 7.34. The number of aromatic nitrogens is 2. The van der Waals surface area contributed by atoms with Crippen LogP contribution in [0.3, 0.4) is 0 Å². The van der Waals surface area contributed by atoms with Crippen molar-refractivity contribution < 1.29 is 8.91 Å². The summed E-state index contributed by atoms with van der Waals surface area (Å²) in [7, 11) is 0. The zero-order valence-electron chi connectivity index (χ0n) is 11.7. The average Bonchev–Trinajstić information content (AvgIpc) is 3.24. The van der Waals surface area contributed by atoms with E-state index in [0.717, 1.165) is 50.1 Å². The van der Waals surface area contributed by atoms with Crippen LogP contribution in [0.2, 0.25) is 0 Å². The highest BCUT2D eigenvalue weighted by atomic mass is 19.1. The monoisotopic (exact) mass is 288 g/mol. The third kappa shape index (κ3) is 2.40. The molecule has 0 unspecified atom stereocenters. The van der Waals surface area contributed by atoms with Crippen LogP contribution in [0.15, 0.2) is 22.7 Å². The Morgan fingerprint density at radius 3 is 2.81 bits per heavy atom. The van der Waals surface area contributed by atoms with Gasteiger partial charge in [-0.2, -0.15) is 4.98 Å². The standard InChI is InChI=1S/C15H17FN4O/c16-12-3-1-2-11(13(12)10-4-5-10)14-18-15(19-21-14)20-8-6-17-7-9-20/h1-3,10,17H,4-9H2. The van der Waals surface area contributed by atoms with Crippen molar-refractivity contribution in [2.75, 3.05) is 31.1 Å². The van der Waals surface area contributed by atoms with Gasteiger partial charge in [0, 0.05) is 37.3 Å². The van der Waals surface area contributed by atoms with E-state index in [2.05, 4.69) is 20.4 Å². The Morgan fingerprint density at radius 1 is 1.24 bits per heavy atom. The Morgan fingerprint density at radius 2 is 2.05 bits per heavy atom. The smallest absolute Gasteiger partial charge is 0.266 e. The second-order valence-corrected chi connectivity index (χ2v) is 5.61. The molecule has 1 aliphatic heterocycles. The molecule has 0 atom stereocenters. The van der Waals surface area contributed by atoms with Crippen LogP contribution in [-0.2, 0) is 0 Å². The lowest BCUT2D eigenvalue weighted by atomic mass is 10.0. The van der Waals surface area contributed by atoms with E-state index in [1.165, 1.54) is 6.07 Å². The van der Waals surface area contributed by atoms with Gasteiger partial charge in [-0.1, -0.05) is 6.07 Å². The lowest BCUT2D eigenvalue weighted by Crippen LogP contribution is -2.44. The Bertz CT molecular complexity index is 647. The summed E-state index contributed by atoms with van der Waals surface area (Å²) >= 11 is 0. The number of anilines is 1. The lowest BCUT2D eigenvalue weighted by Gasteiger charge is -2.25. The number of rotatable bonds is 3. The molecular weight excluding hydrogens is 271 g/mol. The van der Waals surface area contributed by atoms with Gasteiger partial charge in [0.25, 0.3) is 11.8 Å². The van der Waals surface area contributed by atoms with Crippen molar-refractivity contribution in [3.8, 4) is 11.5 Å². The van der Waals surface area contributed by atoms with Gasteiger partial charge in [0.15, 0.2) is 0 Å². The minimum absolute atomic E-state index is 0.170. The van der Waals surface area contributed by atoms with Crippen LogP contribution in [0.25, 0.3) is 11.5 Å². The highest BCUT2D eigenvalue weighted by molar-refractivity contribution is 5.62. The summed E-state index contributed by atoms with van der Waals surface area (Å²) in [6.45, 7) is 3.55. The van der Waals surface area contributed by atoms with E-state index in [0.29, 0.717) is 17.8 Å². The van der Waals surface area contributed by atoms with Crippen LogP contribution in [-0.4, -0.2) is 36.3 Å². The fourth-order valence-corrected chi connectivity index (χ4v) is 2.83. The van der Waals surface area contributed by atoms with E-state index >= 15 is 0 Å². The number of nitrogens with one attached hydrogen (secondary N) is 1. The van der Waals surface area contributed by atoms with Crippen molar-refractivity contribution in [3.63, 3.8) is 0 Å². The lowest BCUT2D eigenvalue weighted by molar-refractivity contribution is 0.426. The quantitative estimate of drug-likeness (QED) is 0.938. The van der Waals surface area contributed by atoms with Gasteiger partial charge in [-0.3, -0.25) is 0 Å². The molecule has 1 aliphatic carbocycles. The first-order chi connectivity index (χ1) is 10.3. The van der Waals surface area contributed by atoms with E-state index < -0.39 is 0 Å². The molecule has 5 nitrogen and oxygen atoms in total. The number of nitrogens with zero attached hydrogens (tertiary/aromatic N) is 3. The van der Waals surface area contributed by atoms with E-state index in [1.807, 2.05) is 6.07 Å². The number of benzene rings is 1. The number of halogens is 1. The summed E-state index contributed by atoms with van der Waals surface area (Å²) < 4.78 is 19.5. The van der Waals surface area contributed by atoms with E-state index in [9.17, 15) is 4.39 Å². The molecule has 4 rings (SSSR count). The molecule has 1 saturated carbocycles. The Labute approximate surface area is 122 Å². The molecule has 0 amide bonds. The van der Waals surface area contributed by atoms with Gasteiger partial charge in [0.05, 0.1) is 0 Å². The summed E-state index contributed by atoms with van der Waals surface area (Å²) in [5.41, 5.74) is 1.47. The van der Waals surface area contributed by atoms with Crippen molar-refractivity contribution >= 4 is 5.95 Å². The van der Waals surface area contributed by atoms with Crippen molar-refractivity contribution in [2.24, 2.45) is 0 Å². The minimum atomic E-state index is -0.170. The van der Waals surface area contributed by atoms with Crippen molar-refractivity contribution in [3.05, 3.63) is 29.6 Å².